The van der Waals surface area contributed by atoms with Gasteiger partial charge in [0, 0.05) is 18.0 Å². The smallest absolute Gasteiger partial charge is 0.261 e. The van der Waals surface area contributed by atoms with E-state index in [0.29, 0.717) is 29.7 Å². The highest BCUT2D eigenvalue weighted by molar-refractivity contribution is 5.78. The molecule has 136 valence electrons. The van der Waals surface area contributed by atoms with Crippen LogP contribution >= 0.6 is 0 Å². The molecule has 0 spiro atoms. The second kappa shape index (κ2) is 6.86. The van der Waals surface area contributed by atoms with Gasteiger partial charge in [0.1, 0.15) is 0 Å². The summed E-state index contributed by atoms with van der Waals surface area (Å²) in [4.78, 5) is 16.7. The summed E-state index contributed by atoms with van der Waals surface area (Å²) in [6.07, 6.45) is 6.10. The van der Waals surface area contributed by atoms with Crippen molar-refractivity contribution in [3.63, 3.8) is 0 Å². The molecule has 1 aliphatic rings. The Morgan fingerprint density at radius 1 is 1.35 bits per heavy atom. The molecule has 0 unspecified atom stereocenters. The molecule has 3 aromatic rings. The first-order valence-electron chi connectivity index (χ1n) is 9.08. The van der Waals surface area contributed by atoms with Crippen molar-refractivity contribution in [3.8, 4) is 11.5 Å². The maximum absolute atomic E-state index is 12.2. The van der Waals surface area contributed by atoms with Crippen LogP contribution in [0.4, 0.5) is 0 Å². The summed E-state index contributed by atoms with van der Waals surface area (Å²) in [5.74, 6) is 2.19. The van der Waals surface area contributed by atoms with Crippen molar-refractivity contribution < 1.29 is 9.32 Å². The van der Waals surface area contributed by atoms with Gasteiger partial charge in [0.15, 0.2) is 17.3 Å². The SMILES string of the molecule is CC(C)c1noc(-c2cccn3c(CNC(=O)C4CCCC4)nnc23)n1. The average Bonchev–Trinajstić information content (AvgIpc) is 3.39. The molecule has 1 N–H and O–H groups in total. The Hall–Kier alpha value is -2.77. The number of nitrogens with one attached hydrogen (secondary N) is 1. The lowest BCUT2D eigenvalue weighted by Crippen LogP contribution is -2.29. The van der Waals surface area contributed by atoms with Gasteiger partial charge in [-0.15, -0.1) is 10.2 Å². The lowest BCUT2D eigenvalue weighted by Gasteiger charge is -2.09. The molecule has 1 saturated carbocycles. The molecule has 0 saturated heterocycles. The highest BCUT2D eigenvalue weighted by Gasteiger charge is 2.23. The summed E-state index contributed by atoms with van der Waals surface area (Å²) in [5, 5.41) is 15.5. The topological polar surface area (TPSA) is 98.2 Å². The summed E-state index contributed by atoms with van der Waals surface area (Å²) < 4.78 is 7.23. The van der Waals surface area contributed by atoms with Gasteiger partial charge in [-0.25, -0.2) is 0 Å². The van der Waals surface area contributed by atoms with Crippen molar-refractivity contribution in [1.82, 2.24) is 30.1 Å². The maximum atomic E-state index is 12.2. The summed E-state index contributed by atoms with van der Waals surface area (Å²) in [6, 6.07) is 3.76. The van der Waals surface area contributed by atoms with Crippen LogP contribution in [0.15, 0.2) is 22.9 Å². The predicted molar refractivity (Wildman–Crippen MR) is 94.2 cm³/mol. The van der Waals surface area contributed by atoms with Crippen LogP contribution in [0.25, 0.3) is 17.1 Å². The molecule has 4 rings (SSSR count). The van der Waals surface area contributed by atoms with Crippen molar-refractivity contribution in [2.24, 2.45) is 5.92 Å². The molecule has 0 atom stereocenters. The van der Waals surface area contributed by atoms with Crippen LogP contribution in [0.5, 0.6) is 0 Å². The van der Waals surface area contributed by atoms with Gasteiger partial charge in [-0.3, -0.25) is 9.20 Å². The van der Waals surface area contributed by atoms with E-state index in [9.17, 15) is 4.79 Å². The van der Waals surface area contributed by atoms with Crippen LogP contribution in [-0.4, -0.2) is 30.6 Å². The monoisotopic (exact) mass is 354 g/mol. The number of rotatable bonds is 5. The number of hydrogen-bond acceptors (Lipinski definition) is 6. The van der Waals surface area contributed by atoms with E-state index in [4.69, 9.17) is 4.52 Å². The molecule has 8 heteroatoms. The Morgan fingerprint density at radius 3 is 2.88 bits per heavy atom. The summed E-state index contributed by atoms with van der Waals surface area (Å²) in [5.41, 5.74) is 1.37. The molecule has 0 bridgehead atoms. The van der Waals surface area contributed by atoms with Gasteiger partial charge >= 0.3 is 0 Å². The Balaban J connectivity index is 1.57. The average molecular weight is 354 g/mol. The Bertz CT molecular complexity index is 923. The summed E-state index contributed by atoms with van der Waals surface area (Å²) in [7, 11) is 0. The van der Waals surface area contributed by atoms with Crippen molar-refractivity contribution in [1.29, 1.82) is 0 Å². The van der Waals surface area contributed by atoms with E-state index < -0.39 is 0 Å². The Kier molecular flexibility index (Phi) is 4.40. The second-order valence-electron chi connectivity index (χ2n) is 7.04. The van der Waals surface area contributed by atoms with E-state index in [1.165, 1.54) is 0 Å². The number of hydrogen-bond donors (Lipinski definition) is 1. The molecule has 8 nitrogen and oxygen atoms in total. The van der Waals surface area contributed by atoms with Gasteiger partial charge in [0.25, 0.3) is 5.89 Å². The second-order valence-corrected chi connectivity index (χ2v) is 7.04. The highest BCUT2D eigenvalue weighted by atomic mass is 16.5. The van der Waals surface area contributed by atoms with Gasteiger partial charge < -0.3 is 9.84 Å². The van der Waals surface area contributed by atoms with Gasteiger partial charge in [0.05, 0.1) is 12.1 Å². The minimum absolute atomic E-state index is 0.105. The summed E-state index contributed by atoms with van der Waals surface area (Å²) in [6.45, 7) is 4.37. The third-order valence-corrected chi connectivity index (χ3v) is 4.84. The van der Waals surface area contributed by atoms with Gasteiger partial charge in [-0.05, 0) is 25.0 Å². The third kappa shape index (κ3) is 3.07. The lowest BCUT2D eigenvalue weighted by molar-refractivity contribution is -0.125. The normalized spacial score (nSPS) is 15.2. The predicted octanol–water partition coefficient (Wildman–Crippen LogP) is 2.71. The fourth-order valence-corrected chi connectivity index (χ4v) is 3.33. The summed E-state index contributed by atoms with van der Waals surface area (Å²) >= 11 is 0. The molecule has 0 aromatic carbocycles. The fraction of sp³-hybridized carbons (Fsp3) is 0.500. The van der Waals surface area contributed by atoms with Crippen molar-refractivity contribution in [2.45, 2.75) is 52.0 Å². The Morgan fingerprint density at radius 2 is 2.15 bits per heavy atom. The molecule has 1 amide bonds. The van der Waals surface area contributed by atoms with Crippen LogP contribution < -0.4 is 5.32 Å². The van der Waals surface area contributed by atoms with Crippen molar-refractivity contribution in [2.75, 3.05) is 0 Å². The van der Waals surface area contributed by atoms with Crippen LogP contribution in [0.3, 0.4) is 0 Å². The van der Waals surface area contributed by atoms with Crippen LogP contribution in [0.2, 0.25) is 0 Å². The third-order valence-electron chi connectivity index (χ3n) is 4.84. The number of carbonyl (C=O) groups excluding carboxylic acids is 1. The van der Waals surface area contributed by atoms with Gasteiger partial charge in [0.2, 0.25) is 5.91 Å². The van der Waals surface area contributed by atoms with E-state index in [0.717, 1.165) is 31.2 Å². The van der Waals surface area contributed by atoms with Crippen LogP contribution in [0.1, 0.15) is 57.1 Å². The van der Waals surface area contributed by atoms with E-state index >= 15 is 0 Å². The van der Waals surface area contributed by atoms with Crippen LogP contribution in [0, 0.1) is 5.92 Å². The fourth-order valence-electron chi connectivity index (χ4n) is 3.33. The first-order chi connectivity index (χ1) is 12.6. The Labute approximate surface area is 151 Å². The first-order valence-corrected chi connectivity index (χ1v) is 9.08. The number of pyridine rings is 1. The molecule has 1 aliphatic carbocycles. The van der Waals surface area contributed by atoms with Crippen molar-refractivity contribution >= 4 is 11.6 Å². The first kappa shape index (κ1) is 16.7. The quantitative estimate of drug-likeness (QED) is 0.756. The molecule has 3 aromatic heterocycles. The molecule has 26 heavy (non-hydrogen) atoms. The van der Waals surface area contributed by atoms with E-state index in [1.54, 1.807) is 0 Å². The molecule has 0 aliphatic heterocycles. The molecular formula is C18H22N6O2. The van der Waals surface area contributed by atoms with Crippen molar-refractivity contribution in [3.05, 3.63) is 30.0 Å². The number of carbonyl (C=O) groups is 1. The van der Waals surface area contributed by atoms with Crippen LogP contribution in [-0.2, 0) is 11.3 Å². The molecular weight excluding hydrogens is 332 g/mol. The number of aromatic nitrogens is 5. The van der Waals surface area contributed by atoms with E-state index in [1.807, 2.05) is 36.6 Å². The van der Waals surface area contributed by atoms with E-state index in [2.05, 4.69) is 25.7 Å². The minimum atomic E-state index is 0.105. The zero-order valence-corrected chi connectivity index (χ0v) is 15.0. The highest BCUT2D eigenvalue weighted by Crippen LogP contribution is 2.25. The zero-order valence-electron chi connectivity index (χ0n) is 15.0. The minimum Gasteiger partial charge on any atom is -0.349 e. The molecule has 0 radical (unpaired) electrons. The molecule has 3 heterocycles. The number of amides is 1. The molecule has 1 fully saturated rings. The standard InChI is InChI=1S/C18H22N6O2/c1-11(2)15-20-18(26-23-15)13-8-5-9-24-14(21-22-16(13)24)10-19-17(25)12-6-3-4-7-12/h5,8-9,11-12H,3-4,6-7,10H2,1-2H3,(H,19,25). The maximum Gasteiger partial charge on any atom is 0.261 e. The van der Waals surface area contributed by atoms with Gasteiger partial charge in [-0.1, -0.05) is 31.8 Å². The zero-order chi connectivity index (χ0) is 18.1. The van der Waals surface area contributed by atoms with E-state index in [-0.39, 0.29) is 17.7 Å². The van der Waals surface area contributed by atoms with Gasteiger partial charge in [-0.2, -0.15) is 4.98 Å². The number of fused-ring (bicyclic) bond motifs is 1. The largest absolute Gasteiger partial charge is 0.349 e. The lowest BCUT2D eigenvalue weighted by atomic mass is 10.1. The number of nitrogens with zero attached hydrogens (tertiary/aromatic N) is 5.